The van der Waals surface area contributed by atoms with Gasteiger partial charge in [0.2, 0.25) is 11.8 Å². The van der Waals surface area contributed by atoms with Crippen LogP contribution in [0.25, 0.3) is 0 Å². The Bertz CT molecular complexity index is 582. The van der Waals surface area contributed by atoms with Gasteiger partial charge in [0.25, 0.3) is 0 Å². The molecule has 0 spiro atoms. The lowest BCUT2D eigenvalue weighted by Crippen LogP contribution is -2.39. The van der Waals surface area contributed by atoms with Gasteiger partial charge in [0.05, 0.1) is 17.5 Å². The summed E-state index contributed by atoms with van der Waals surface area (Å²) < 4.78 is 13.5. The van der Waals surface area contributed by atoms with Crippen molar-refractivity contribution in [2.24, 2.45) is 5.92 Å². The van der Waals surface area contributed by atoms with Gasteiger partial charge < -0.3 is 14.9 Å². The second-order valence-electron chi connectivity index (χ2n) is 5.15. The molecule has 0 radical (unpaired) electrons. The number of benzene rings is 1. The van der Waals surface area contributed by atoms with Crippen molar-refractivity contribution in [1.29, 1.82) is 0 Å². The molecular weight excluding hydrogens is 311 g/mol. The van der Waals surface area contributed by atoms with Gasteiger partial charge in [-0.1, -0.05) is 11.6 Å². The van der Waals surface area contributed by atoms with Crippen molar-refractivity contribution in [3.63, 3.8) is 0 Å². The Morgan fingerprint density at radius 3 is 2.86 bits per heavy atom. The Morgan fingerprint density at radius 1 is 1.55 bits per heavy atom. The van der Waals surface area contributed by atoms with Crippen LogP contribution >= 0.6 is 11.6 Å². The molecule has 22 heavy (non-hydrogen) atoms. The lowest BCUT2D eigenvalue weighted by atomic mass is 10.1. The van der Waals surface area contributed by atoms with E-state index in [1.54, 1.807) is 6.07 Å². The molecule has 1 saturated heterocycles. The van der Waals surface area contributed by atoms with Crippen molar-refractivity contribution < 1.29 is 19.1 Å². The van der Waals surface area contributed by atoms with Gasteiger partial charge in [-0.25, -0.2) is 4.39 Å². The highest BCUT2D eigenvalue weighted by Gasteiger charge is 2.37. The summed E-state index contributed by atoms with van der Waals surface area (Å²) >= 11 is 5.64. The van der Waals surface area contributed by atoms with Crippen LogP contribution in [0.2, 0.25) is 5.02 Å². The van der Waals surface area contributed by atoms with Gasteiger partial charge in [-0.05, 0) is 25.1 Å². The molecule has 0 aliphatic carbocycles. The number of amides is 2. The summed E-state index contributed by atoms with van der Waals surface area (Å²) in [5.41, 5.74) is 0.396. The molecule has 120 valence electrons. The summed E-state index contributed by atoms with van der Waals surface area (Å²) in [5.74, 6) is -1.46. The Kier molecular flexibility index (Phi) is 5.37. The number of hydrogen-bond donors (Lipinski definition) is 1. The Balaban J connectivity index is 2.13. The Morgan fingerprint density at radius 2 is 2.27 bits per heavy atom. The van der Waals surface area contributed by atoms with Crippen molar-refractivity contribution in [2.45, 2.75) is 13.3 Å². The maximum Gasteiger partial charge on any atom is 0.228 e. The smallest absolute Gasteiger partial charge is 0.228 e. The van der Waals surface area contributed by atoms with Gasteiger partial charge in [0.1, 0.15) is 5.82 Å². The van der Waals surface area contributed by atoms with Gasteiger partial charge in [-0.3, -0.25) is 9.59 Å². The van der Waals surface area contributed by atoms with Gasteiger partial charge in [0.15, 0.2) is 0 Å². The molecule has 1 N–H and O–H groups in total. The predicted octanol–water partition coefficient (Wildman–Crippen LogP) is 1.67. The molecule has 1 aliphatic rings. The standard InChI is InChI=1S/C15H18ClFN2O3/c1-2-18(5-6-20)15(22)10-7-14(21)19(9-10)11-3-4-12(16)13(17)8-11/h3-4,8,10,20H,2,5-7,9H2,1H3. The summed E-state index contributed by atoms with van der Waals surface area (Å²) in [5, 5.41) is 8.96. The van der Waals surface area contributed by atoms with E-state index in [1.165, 1.54) is 21.9 Å². The molecule has 1 aromatic rings. The van der Waals surface area contributed by atoms with Crippen LogP contribution in [0.4, 0.5) is 10.1 Å². The van der Waals surface area contributed by atoms with Crippen LogP contribution in [-0.4, -0.2) is 48.1 Å². The van der Waals surface area contributed by atoms with Crippen molar-refractivity contribution in [3.8, 4) is 0 Å². The number of carbonyl (C=O) groups is 2. The minimum absolute atomic E-state index is 0.0110. The first-order valence-electron chi connectivity index (χ1n) is 7.13. The number of rotatable bonds is 5. The first-order valence-corrected chi connectivity index (χ1v) is 7.50. The summed E-state index contributed by atoms with van der Waals surface area (Å²) in [4.78, 5) is 27.4. The maximum atomic E-state index is 13.5. The highest BCUT2D eigenvalue weighted by molar-refractivity contribution is 6.30. The van der Waals surface area contributed by atoms with Crippen LogP contribution in [0, 0.1) is 11.7 Å². The van der Waals surface area contributed by atoms with E-state index in [1.807, 2.05) is 6.92 Å². The molecule has 2 rings (SSSR count). The number of anilines is 1. The van der Waals surface area contributed by atoms with Crippen molar-refractivity contribution in [3.05, 3.63) is 29.0 Å². The van der Waals surface area contributed by atoms with Crippen LogP contribution < -0.4 is 4.90 Å². The molecule has 0 saturated carbocycles. The van der Waals surface area contributed by atoms with Crippen molar-refractivity contribution >= 4 is 29.1 Å². The Hall–Kier alpha value is -1.66. The first kappa shape index (κ1) is 16.7. The van der Waals surface area contributed by atoms with Crippen LogP contribution in [0.3, 0.4) is 0 Å². The average Bonchev–Trinajstić information content (AvgIpc) is 2.89. The molecule has 1 heterocycles. The van der Waals surface area contributed by atoms with Gasteiger partial charge in [-0.15, -0.1) is 0 Å². The fourth-order valence-electron chi connectivity index (χ4n) is 2.58. The quantitative estimate of drug-likeness (QED) is 0.894. The van der Waals surface area contributed by atoms with Gasteiger partial charge in [-0.2, -0.15) is 0 Å². The van der Waals surface area contributed by atoms with E-state index in [4.69, 9.17) is 16.7 Å². The van der Waals surface area contributed by atoms with E-state index in [0.29, 0.717) is 12.2 Å². The molecule has 1 unspecified atom stereocenters. The number of halogens is 2. The topological polar surface area (TPSA) is 60.9 Å². The zero-order valence-electron chi connectivity index (χ0n) is 12.3. The monoisotopic (exact) mass is 328 g/mol. The highest BCUT2D eigenvalue weighted by atomic mass is 35.5. The summed E-state index contributed by atoms with van der Waals surface area (Å²) in [6, 6.07) is 4.14. The number of hydrogen-bond acceptors (Lipinski definition) is 3. The minimum Gasteiger partial charge on any atom is -0.395 e. The van der Waals surface area contributed by atoms with Gasteiger partial charge in [0, 0.05) is 31.7 Å². The van der Waals surface area contributed by atoms with E-state index >= 15 is 0 Å². The fourth-order valence-corrected chi connectivity index (χ4v) is 2.70. The molecule has 2 amide bonds. The molecule has 1 aromatic carbocycles. The number of aliphatic hydroxyl groups is 1. The third-order valence-electron chi connectivity index (χ3n) is 3.75. The first-order chi connectivity index (χ1) is 10.5. The van der Waals surface area contributed by atoms with Crippen LogP contribution in [0.1, 0.15) is 13.3 Å². The van der Waals surface area contributed by atoms with Crippen LogP contribution in [-0.2, 0) is 9.59 Å². The number of carbonyl (C=O) groups excluding carboxylic acids is 2. The largest absolute Gasteiger partial charge is 0.395 e. The van der Waals surface area contributed by atoms with E-state index in [0.717, 1.165) is 0 Å². The maximum absolute atomic E-state index is 13.5. The van der Waals surface area contributed by atoms with E-state index in [9.17, 15) is 14.0 Å². The SMILES string of the molecule is CCN(CCO)C(=O)C1CC(=O)N(c2ccc(Cl)c(F)c2)C1. The van der Waals surface area contributed by atoms with E-state index in [2.05, 4.69) is 0 Å². The normalized spacial score (nSPS) is 17.9. The second kappa shape index (κ2) is 7.07. The summed E-state index contributed by atoms with van der Waals surface area (Å²) in [6.45, 7) is 2.62. The van der Waals surface area contributed by atoms with Crippen LogP contribution in [0.15, 0.2) is 18.2 Å². The lowest BCUT2D eigenvalue weighted by Gasteiger charge is -2.23. The molecule has 1 atom stereocenters. The summed E-state index contributed by atoms with van der Waals surface area (Å²) in [7, 11) is 0. The van der Waals surface area contributed by atoms with Crippen molar-refractivity contribution in [1.82, 2.24) is 4.90 Å². The predicted molar refractivity (Wildman–Crippen MR) is 81.2 cm³/mol. The molecule has 0 aromatic heterocycles. The third-order valence-corrected chi connectivity index (χ3v) is 4.06. The molecule has 7 heteroatoms. The zero-order chi connectivity index (χ0) is 16.3. The highest BCUT2D eigenvalue weighted by Crippen LogP contribution is 2.28. The second-order valence-corrected chi connectivity index (χ2v) is 5.55. The average molecular weight is 329 g/mol. The Labute approximate surface area is 133 Å². The summed E-state index contributed by atoms with van der Waals surface area (Å²) in [6.07, 6.45) is 0.0883. The number of nitrogens with zero attached hydrogens (tertiary/aromatic N) is 2. The molecule has 1 aliphatic heterocycles. The third kappa shape index (κ3) is 3.39. The zero-order valence-corrected chi connectivity index (χ0v) is 13.0. The van der Waals surface area contributed by atoms with Crippen LogP contribution in [0.5, 0.6) is 0 Å². The number of likely N-dealkylation sites (N-methyl/N-ethyl adjacent to an activating group) is 1. The molecule has 0 bridgehead atoms. The number of aliphatic hydroxyl groups excluding tert-OH is 1. The lowest BCUT2D eigenvalue weighted by molar-refractivity contribution is -0.136. The fraction of sp³-hybridized carbons (Fsp3) is 0.467. The molecule has 5 nitrogen and oxygen atoms in total. The van der Waals surface area contributed by atoms with E-state index < -0.39 is 11.7 Å². The van der Waals surface area contributed by atoms with E-state index in [-0.39, 0.29) is 43.0 Å². The van der Waals surface area contributed by atoms with Crippen molar-refractivity contribution in [2.75, 3.05) is 31.1 Å². The molecular formula is C15H18ClFN2O3. The van der Waals surface area contributed by atoms with Gasteiger partial charge >= 0.3 is 0 Å². The minimum atomic E-state index is -0.600. The molecule has 1 fully saturated rings.